The first-order valence-corrected chi connectivity index (χ1v) is 6.25. The summed E-state index contributed by atoms with van der Waals surface area (Å²) in [5.41, 5.74) is 2.34. The number of anilines is 1. The van der Waals surface area contributed by atoms with Crippen molar-refractivity contribution < 1.29 is 0 Å². The first-order valence-electron chi connectivity index (χ1n) is 5.87. The Labute approximate surface area is 108 Å². The van der Waals surface area contributed by atoms with Crippen molar-refractivity contribution in [1.29, 1.82) is 0 Å². The molecular formula is C14H17ClN2. The highest BCUT2D eigenvalue weighted by Crippen LogP contribution is 2.27. The van der Waals surface area contributed by atoms with Crippen molar-refractivity contribution in [2.24, 2.45) is 0 Å². The second-order valence-electron chi connectivity index (χ2n) is 4.42. The number of hydrogen-bond acceptors (Lipinski definition) is 2. The van der Waals surface area contributed by atoms with Gasteiger partial charge in [-0.05, 0) is 24.6 Å². The van der Waals surface area contributed by atoms with Crippen LogP contribution in [0.2, 0.25) is 5.02 Å². The molecule has 1 aliphatic heterocycles. The minimum atomic E-state index is 0.746. The van der Waals surface area contributed by atoms with E-state index in [1.807, 2.05) is 6.07 Å². The van der Waals surface area contributed by atoms with Gasteiger partial charge in [0.25, 0.3) is 0 Å². The maximum Gasteiger partial charge on any atom is 0.0642 e. The number of halogens is 1. The number of aryl methyl sites for hydroxylation is 1. The Kier molecular flexibility index (Phi) is 3.93. The fourth-order valence-electron chi connectivity index (χ4n) is 2.14. The van der Waals surface area contributed by atoms with E-state index in [4.69, 9.17) is 18.0 Å². The number of nitrogens with zero attached hydrogens (tertiary/aromatic N) is 2. The third-order valence-corrected chi connectivity index (χ3v) is 3.43. The third kappa shape index (κ3) is 2.94. The van der Waals surface area contributed by atoms with Gasteiger partial charge in [-0.1, -0.05) is 23.6 Å². The van der Waals surface area contributed by atoms with Gasteiger partial charge in [0.1, 0.15) is 0 Å². The summed E-state index contributed by atoms with van der Waals surface area (Å²) in [4.78, 5) is 4.62. The standard InChI is InChI=1S/C14H17ClN2/c1-3-6-16-7-9-17(10-8-16)14-5-4-12(2)11-13(14)15/h1,4-5,11H,6-10H2,2H3. The van der Waals surface area contributed by atoms with Crippen LogP contribution in [0.5, 0.6) is 0 Å². The predicted molar refractivity (Wildman–Crippen MR) is 73.7 cm³/mol. The van der Waals surface area contributed by atoms with Gasteiger partial charge in [0.05, 0.1) is 17.3 Å². The zero-order valence-electron chi connectivity index (χ0n) is 10.1. The van der Waals surface area contributed by atoms with Gasteiger partial charge in [0.2, 0.25) is 0 Å². The van der Waals surface area contributed by atoms with Crippen molar-refractivity contribution in [2.45, 2.75) is 6.92 Å². The zero-order chi connectivity index (χ0) is 12.3. The van der Waals surface area contributed by atoms with Crippen molar-refractivity contribution >= 4 is 17.3 Å². The molecule has 0 aliphatic carbocycles. The van der Waals surface area contributed by atoms with Crippen LogP contribution in [0.3, 0.4) is 0 Å². The number of hydrogen-bond donors (Lipinski definition) is 0. The average Bonchev–Trinajstić information content (AvgIpc) is 2.31. The van der Waals surface area contributed by atoms with Gasteiger partial charge in [-0.15, -0.1) is 6.42 Å². The van der Waals surface area contributed by atoms with Crippen molar-refractivity contribution in [3.8, 4) is 12.3 Å². The molecule has 17 heavy (non-hydrogen) atoms. The Morgan fingerprint density at radius 2 is 2.00 bits per heavy atom. The molecule has 0 bridgehead atoms. The highest BCUT2D eigenvalue weighted by molar-refractivity contribution is 6.33. The van der Waals surface area contributed by atoms with Crippen LogP contribution < -0.4 is 4.90 Å². The van der Waals surface area contributed by atoms with Crippen LogP contribution in [0.1, 0.15) is 5.56 Å². The van der Waals surface area contributed by atoms with Crippen molar-refractivity contribution in [3.63, 3.8) is 0 Å². The molecule has 1 heterocycles. The molecule has 0 atom stereocenters. The molecule has 1 saturated heterocycles. The summed E-state index contributed by atoms with van der Waals surface area (Å²) in [5.74, 6) is 2.69. The van der Waals surface area contributed by atoms with Crippen molar-refractivity contribution in [3.05, 3.63) is 28.8 Å². The second kappa shape index (κ2) is 5.44. The number of piperazine rings is 1. The topological polar surface area (TPSA) is 6.48 Å². The molecule has 3 heteroatoms. The summed E-state index contributed by atoms with van der Waals surface area (Å²) >= 11 is 6.27. The lowest BCUT2D eigenvalue weighted by molar-refractivity contribution is 0.288. The molecular weight excluding hydrogens is 232 g/mol. The minimum Gasteiger partial charge on any atom is -0.368 e. The Bertz CT molecular complexity index is 428. The summed E-state index contributed by atoms with van der Waals surface area (Å²) in [5, 5.41) is 0.843. The molecule has 0 N–H and O–H groups in total. The smallest absolute Gasteiger partial charge is 0.0642 e. The van der Waals surface area contributed by atoms with Crippen LogP contribution in [0, 0.1) is 19.3 Å². The molecule has 0 spiro atoms. The van der Waals surface area contributed by atoms with E-state index in [-0.39, 0.29) is 0 Å². The fraction of sp³-hybridized carbons (Fsp3) is 0.429. The third-order valence-electron chi connectivity index (χ3n) is 3.13. The van der Waals surface area contributed by atoms with Crippen molar-refractivity contribution in [2.75, 3.05) is 37.6 Å². The van der Waals surface area contributed by atoms with Gasteiger partial charge in [-0.2, -0.15) is 0 Å². The van der Waals surface area contributed by atoms with E-state index in [2.05, 4.69) is 34.8 Å². The molecule has 0 unspecified atom stereocenters. The van der Waals surface area contributed by atoms with Crippen LogP contribution in [-0.4, -0.2) is 37.6 Å². The first kappa shape index (κ1) is 12.3. The summed E-state index contributed by atoms with van der Waals surface area (Å²) in [7, 11) is 0. The van der Waals surface area contributed by atoms with Crippen molar-refractivity contribution in [1.82, 2.24) is 4.90 Å². The van der Waals surface area contributed by atoms with E-state index in [9.17, 15) is 0 Å². The first-order chi connectivity index (χ1) is 8.20. The molecule has 0 aromatic heterocycles. The summed E-state index contributed by atoms with van der Waals surface area (Å²) in [6.07, 6.45) is 5.32. The van der Waals surface area contributed by atoms with Gasteiger partial charge in [-0.3, -0.25) is 4.90 Å². The molecule has 90 valence electrons. The molecule has 2 nitrogen and oxygen atoms in total. The molecule has 1 aromatic carbocycles. The Morgan fingerprint density at radius 3 is 2.59 bits per heavy atom. The van der Waals surface area contributed by atoms with Gasteiger partial charge < -0.3 is 4.90 Å². The van der Waals surface area contributed by atoms with Crippen LogP contribution in [0.4, 0.5) is 5.69 Å². The molecule has 1 aromatic rings. The Balaban J connectivity index is 2.03. The van der Waals surface area contributed by atoms with E-state index in [0.29, 0.717) is 0 Å². The molecule has 1 aliphatic rings. The summed E-state index contributed by atoms with van der Waals surface area (Å²) in [6.45, 7) is 6.80. The van der Waals surface area contributed by atoms with Crippen LogP contribution >= 0.6 is 11.6 Å². The number of terminal acetylenes is 1. The molecule has 0 saturated carbocycles. The Hall–Kier alpha value is -1.17. The SMILES string of the molecule is C#CCN1CCN(c2ccc(C)cc2Cl)CC1. The van der Waals surface area contributed by atoms with Crippen LogP contribution in [0.25, 0.3) is 0 Å². The molecule has 0 amide bonds. The van der Waals surface area contributed by atoms with E-state index in [0.717, 1.165) is 43.4 Å². The predicted octanol–water partition coefficient (Wildman–Crippen LogP) is 2.40. The monoisotopic (exact) mass is 248 g/mol. The Morgan fingerprint density at radius 1 is 1.29 bits per heavy atom. The van der Waals surface area contributed by atoms with Gasteiger partial charge in [0.15, 0.2) is 0 Å². The lowest BCUT2D eigenvalue weighted by Crippen LogP contribution is -2.46. The van der Waals surface area contributed by atoms with E-state index < -0.39 is 0 Å². The average molecular weight is 249 g/mol. The van der Waals surface area contributed by atoms with E-state index in [1.54, 1.807) is 0 Å². The summed E-state index contributed by atoms with van der Waals surface area (Å²) in [6, 6.07) is 6.23. The highest BCUT2D eigenvalue weighted by Gasteiger charge is 2.17. The second-order valence-corrected chi connectivity index (χ2v) is 4.83. The van der Waals surface area contributed by atoms with E-state index in [1.165, 1.54) is 5.56 Å². The van der Waals surface area contributed by atoms with Gasteiger partial charge in [-0.25, -0.2) is 0 Å². The molecule has 0 radical (unpaired) electrons. The minimum absolute atomic E-state index is 0.746. The maximum absolute atomic E-state index is 6.27. The normalized spacial score (nSPS) is 16.9. The lowest BCUT2D eigenvalue weighted by atomic mass is 10.2. The summed E-state index contributed by atoms with van der Waals surface area (Å²) < 4.78 is 0. The van der Waals surface area contributed by atoms with Gasteiger partial charge >= 0.3 is 0 Å². The van der Waals surface area contributed by atoms with E-state index >= 15 is 0 Å². The highest BCUT2D eigenvalue weighted by atomic mass is 35.5. The lowest BCUT2D eigenvalue weighted by Gasteiger charge is -2.35. The van der Waals surface area contributed by atoms with Gasteiger partial charge in [0, 0.05) is 26.2 Å². The number of benzene rings is 1. The fourth-order valence-corrected chi connectivity index (χ4v) is 2.50. The molecule has 1 fully saturated rings. The maximum atomic E-state index is 6.27. The van der Waals surface area contributed by atoms with Crippen LogP contribution in [-0.2, 0) is 0 Å². The quantitative estimate of drug-likeness (QED) is 0.742. The largest absolute Gasteiger partial charge is 0.368 e. The number of rotatable bonds is 2. The molecule has 2 rings (SSSR count). The van der Waals surface area contributed by atoms with Crippen LogP contribution in [0.15, 0.2) is 18.2 Å². The zero-order valence-corrected chi connectivity index (χ0v) is 10.9.